The zero-order valence-corrected chi connectivity index (χ0v) is 11.8. The Morgan fingerprint density at radius 3 is 2.28 bits per heavy atom. The Morgan fingerprint density at radius 2 is 1.83 bits per heavy atom. The summed E-state index contributed by atoms with van der Waals surface area (Å²) in [4.78, 5) is 0.273. The molecule has 3 nitrogen and oxygen atoms in total. The Bertz CT molecular complexity index is 657. The Morgan fingerprint density at radius 1 is 1.22 bits per heavy atom. The van der Waals surface area contributed by atoms with E-state index in [-0.39, 0.29) is 4.90 Å². The summed E-state index contributed by atoms with van der Waals surface area (Å²) in [5.74, 6) is 0. The van der Waals surface area contributed by atoms with E-state index in [2.05, 4.69) is 0 Å². The minimum Gasteiger partial charge on any atom is -0.245 e. The molecule has 0 amide bonds. The fraction of sp³-hybridized carbons (Fsp3) is 0.231. The fourth-order valence-corrected chi connectivity index (χ4v) is 3.49. The number of nitrogens with zero attached hydrogens (tertiary/aromatic N) is 1. The first-order valence-corrected chi connectivity index (χ1v) is 7.46. The third-order valence-corrected chi connectivity index (χ3v) is 4.81. The van der Waals surface area contributed by atoms with Crippen LogP contribution in [0.15, 0.2) is 41.4 Å². The number of rotatable bonds is 3. The second-order valence-electron chi connectivity index (χ2n) is 4.10. The normalized spacial score (nSPS) is 11.7. The van der Waals surface area contributed by atoms with Crippen LogP contribution >= 0.6 is 11.6 Å². The van der Waals surface area contributed by atoms with Crippen molar-refractivity contribution in [3.05, 3.63) is 52.8 Å². The molecule has 0 aliphatic heterocycles. The van der Waals surface area contributed by atoms with Crippen LogP contribution in [-0.2, 0) is 16.4 Å². The van der Waals surface area contributed by atoms with Crippen molar-refractivity contribution in [2.24, 2.45) is 0 Å². The average Bonchev–Trinajstić information content (AvgIpc) is 2.69. The van der Waals surface area contributed by atoms with E-state index < -0.39 is 10.0 Å². The predicted molar refractivity (Wildman–Crippen MR) is 72.6 cm³/mol. The van der Waals surface area contributed by atoms with Gasteiger partial charge in [-0.05, 0) is 37.1 Å². The first-order valence-electron chi connectivity index (χ1n) is 5.64. The lowest BCUT2D eigenvalue weighted by molar-refractivity contribution is 0.586. The SMILES string of the molecule is CCc1ccc(S(=O)(=O)n2cc(Cl)cc2C)cc1. The molecule has 96 valence electrons. The Labute approximate surface area is 112 Å². The Hall–Kier alpha value is -1.26. The molecule has 0 bridgehead atoms. The third-order valence-electron chi connectivity index (χ3n) is 2.82. The molecule has 0 saturated carbocycles. The largest absolute Gasteiger partial charge is 0.267 e. The van der Waals surface area contributed by atoms with E-state index in [1.165, 1.54) is 10.2 Å². The molecule has 1 heterocycles. The Balaban J connectivity index is 2.51. The summed E-state index contributed by atoms with van der Waals surface area (Å²) in [5.41, 5.74) is 1.70. The first-order chi connectivity index (χ1) is 8.45. The number of benzene rings is 1. The van der Waals surface area contributed by atoms with Gasteiger partial charge in [-0.1, -0.05) is 30.7 Å². The molecular formula is C13H14ClNO2S. The number of aryl methyl sites for hydroxylation is 2. The van der Waals surface area contributed by atoms with E-state index in [1.54, 1.807) is 25.1 Å². The molecule has 0 N–H and O–H groups in total. The van der Waals surface area contributed by atoms with Crippen LogP contribution < -0.4 is 0 Å². The summed E-state index contributed by atoms with van der Waals surface area (Å²) in [5, 5.41) is 0.418. The van der Waals surface area contributed by atoms with Gasteiger partial charge in [0.15, 0.2) is 0 Å². The van der Waals surface area contributed by atoms with Crippen molar-refractivity contribution < 1.29 is 8.42 Å². The molecule has 0 fully saturated rings. The molecule has 0 radical (unpaired) electrons. The highest BCUT2D eigenvalue weighted by Crippen LogP contribution is 2.21. The lowest BCUT2D eigenvalue weighted by Gasteiger charge is -2.08. The molecule has 0 aliphatic rings. The Kier molecular flexibility index (Phi) is 3.50. The van der Waals surface area contributed by atoms with Gasteiger partial charge in [-0.2, -0.15) is 0 Å². The van der Waals surface area contributed by atoms with Gasteiger partial charge in [0.1, 0.15) is 0 Å². The molecule has 0 aliphatic carbocycles. The molecule has 0 unspecified atom stereocenters. The van der Waals surface area contributed by atoms with E-state index in [0.29, 0.717) is 10.7 Å². The third kappa shape index (κ3) is 2.31. The number of halogens is 1. The molecule has 0 spiro atoms. The van der Waals surface area contributed by atoms with Crippen LogP contribution in [0.3, 0.4) is 0 Å². The summed E-state index contributed by atoms with van der Waals surface area (Å²) in [6.07, 6.45) is 2.30. The molecule has 18 heavy (non-hydrogen) atoms. The molecule has 2 rings (SSSR count). The van der Waals surface area contributed by atoms with Gasteiger partial charge in [-0.15, -0.1) is 0 Å². The van der Waals surface area contributed by atoms with Crippen molar-refractivity contribution in [3.8, 4) is 0 Å². The van der Waals surface area contributed by atoms with Crippen LogP contribution in [0.5, 0.6) is 0 Å². The minimum absolute atomic E-state index is 0.273. The van der Waals surface area contributed by atoms with Gasteiger partial charge in [0, 0.05) is 11.9 Å². The van der Waals surface area contributed by atoms with Crippen molar-refractivity contribution in [2.45, 2.75) is 25.2 Å². The molecule has 2 aromatic rings. The topological polar surface area (TPSA) is 39.1 Å². The highest BCUT2D eigenvalue weighted by atomic mass is 35.5. The van der Waals surface area contributed by atoms with Gasteiger partial charge in [0.25, 0.3) is 10.0 Å². The summed E-state index contributed by atoms with van der Waals surface area (Å²) in [6.45, 7) is 3.74. The van der Waals surface area contributed by atoms with Crippen LogP contribution in [0, 0.1) is 6.92 Å². The van der Waals surface area contributed by atoms with E-state index in [0.717, 1.165) is 12.0 Å². The van der Waals surface area contributed by atoms with Gasteiger partial charge in [-0.3, -0.25) is 0 Å². The summed E-state index contributed by atoms with van der Waals surface area (Å²) in [7, 11) is -3.54. The first kappa shape index (κ1) is 13.2. The maximum absolute atomic E-state index is 12.4. The quantitative estimate of drug-likeness (QED) is 0.867. The van der Waals surface area contributed by atoms with Gasteiger partial charge in [0.05, 0.1) is 9.92 Å². The van der Waals surface area contributed by atoms with Crippen molar-refractivity contribution in [1.29, 1.82) is 0 Å². The van der Waals surface area contributed by atoms with Gasteiger partial charge >= 0.3 is 0 Å². The predicted octanol–water partition coefficient (Wildman–Crippen LogP) is 3.25. The summed E-state index contributed by atoms with van der Waals surface area (Å²) >= 11 is 5.82. The fourth-order valence-electron chi connectivity index (χ4n) is 1.78. The summed E-state index contributed by atoms with van der Waals surface area (Å²) in [6, 6.07) is 8.53. The van der Waals surface area contributed by atoms with Crippen molar-refractivity contribution in [1.82, 2.24) is 3.97 Å². The van der Waals surface area contributed by atoms with E-state index >= 15 is 0 Å². The molecule has 5 heteroatoms. The van der Waals surface area contributed by atoms with Gasteiger partial charge < -0.3 is 0 Å². The van der Waals surface area contributed by atoms with E-state index in [1.807, 2.05) is 19.1 Å². The van der Waals surface area contributed by atoms with E-state index in [9.17, 15) is 8.42 Å². The molecule has 0 saturated heterocycles. The monoisotopic (exact) mass is 283 g/mol. The zero-order valence-electron chi connectivity index (χ0n) is 10.2. The van der Waals surface area contributed by atoms with Crippen LogP contribution in [0.4, 0.5) is 0 Å². The zero-order chi connectivity index (χ0) is 13.3. The van der Waals surface area contributed by atoms with Crippen molar-refractivity contribution in [2.75, 3.05) is 0 Å². The molecule has 0 atom stereocenters. The van der Waals surface area contributed by atoms with Crippen molar-refractivity contribution in [3.63, 3.8) is 0 Å². The lowest BCUT2D eigenvalue weighted by atomic mass is 10.2. The van der Waals surface area contributed by atoms with Gasteiger partial charge in [0.2, 0.25) is 0 Å². The second-order valence-corrected chi connectivity index (χ2v) is 6.35. The van der Waals surface area contributed by atoms with Crippen LogP contribution in [0.2, 0.25) is 5.02 Å². The molecule has 1 aromatic carbocycles. The second kappa shape index (κ2) is 4.78. The van der Waals surface area contributed by atoms with Gasteiger partial charge in [-0.25, -0.2) is 12.4 Å². The maximum atomic E-state index is 12.4. The van der Waals surface area contributed by atoms with Crippen LogP contribution in [-0.4, -0.2) is 12.4 Å². The highest BCUT2D eigenvalue weighted by Gasteiger charge is 2.18. The molecular weight excluding hydrogens is 270 g/mol. The van der Waals surface area contributed by atoms with Crippen LogP contribution in [0.25, 0.3) is 0 Å². The minimum atomic E-state index is -3.54. The lowest BCUT2D eigenvalue weighted by Crippen LogP contribution is -2.13. The van der Waals surface area contributed by atoms with E-state index in [4.69, 9.17) is 11.6 Å². The maximum Gasteiger partial charge on any atom is 0.267 e. The molecule has 1 aromatic heterocycles. The number of aromatic nitrogens is 1. The summed E-state index contributed by atoms with van der Waals surface area (Å²) < 4.78 is 25.9. The number of hydrogen-bond acceptors (Lipinski definition) is 2. The standard InChI is InChI=1S/C13H14ClNO2S/c1-3-11-4-6-13(7-5-11)18(16,17)15-9-12(14)8-10(15)2/h4-9H,3H2,1-2H3. The highest BCUT2D eigenvalue weighted by molar-refractivity contribution is 7.90. The van der Waals surface area contributed by atoms with Crippen molar-refractivity contribution >= 4 is 21.6 Å². The van der Waals surface area contributed by atoms with Crippen LogP contribution in [0.1, 0.15) is 18.2 Å². The average molecular weight is 284 g/mol. The number of hydrogen-bond donors (Lipinski definition) is 0. The smallest absolute Gasteiger partial charge is 0.245 e.